The number of nitrogens with zero attached hydrogens (tertiary/aromatic N) is 1. The molecule has 0 bridgehead atoms. The van der Waals surface area contributed by atoms with Crippen molar-refractivity contribution >= 4 is 6.29 Å². The number of nitriles is 1. The molecule has 0 heterocycles. The van der Waals surface area contributed by atoms with Gasteiger partial charge in [0.1, 0.15) is 6.29 Å². The van der Waals surface area contributed by atoms with E-state index in [-0.39, 0.29) is 12.7 Å². The Kier molecular flexibility index (Phi) is 15.3. The molecule has 0 saturated carbocycles. The monoisotopic (exact) mass is 187 g/mol. The first kappa shape index (κ1) is 14.6. The summed E-state index contributed by atoms with van der Waals surface area (Å²) in [5.41, 5.74) is 0. The van der Waals surface area contributed by atoms with Gasteiger partial charge in [0.2, 0.25) is 0 Å². The molecule has 0 saturated heterocycles. The topological polar surface area (TPSA) is 59.3 Å². The van der Waals surface area contributed by atoms with Gasteiger partial charge in [-0.2, -0.15) is 5.26 Å². The van der Waals surface area contributed by atoms with Gasteiger partial charge >= 0.3 is 0 Å². The third-order valence-electron chi connectivity index (χ3n) is 0.977. The summed E-state index contributed by atoms with van der Waals surface area (Å²) in [7, 11) is 0. The Bertz CT molecular complexity index is 136. The lowest BCUT2D eigenvalue weighted by Gasteiger charge is -2.09. The van der Waals surface area contributed by atoms with E-state index in [0.717, 1.165) is 13.2 Å². The van der Waals surface area contributed by atoms with Gasteiger partial charge in [-0.05, 0) is 20.8 Å². The third kappa shape index (κ3) is 18.2. The van der Waals surface area contributed by atoms with Crippen molar-refractivity contribution in [3.05, 3.63) is 0 Å². The minimum atomic E-state index is -0.0370. The standard InChI is InChI=1S/C6H14O2.C3H3NO/c1-4-7-6(3)8-5-2;4-2-1-3-5/h6H,4-5H2,1-3H3;3H,1H2. The minimum Gasteiger partial charge on any atom is -0.353 e. The Morgan fingerprint density at radius 1 is 1.38 bits per heavy atom. The molecular weight excluding hydrogens is 170 g/mol. The molecule has 0 rings (SSSR count). The average molecular weight is 187 g/mol. The molecule has 4 nitrogen and oxygen atoms in total. The molecule has 0 N–H and O–H groups in total. The maximum atomic E-state index is 9.18. The van der Waals surface area contributed by atoms with Crippen LogP contribution in [0.25, 0.3) is 0 Å². The van der Waals surface area contributed by atoms with Crippen LogP contribution in [-0.2, 0) is 14.3 Å². The van der Waals surface area contributed by atoms with Crippen molar-refractivity contribution in [2.45, 2.75) is 33.5 Å². The Hall–Kier alpha value is -0.920. The van der Waals surface area contributed by atoms with Crippen molar-refractivity contribution in [1.82, 2.24) is 0 Å². The zero-order valence-electron chi connectivity index (χ0n) is 8.45. The van der Waals surface area contributed by atoms with Gasteiger partial charge in [0.25, 0.3) is 0 Å². The molecule has 0 aliphatic carbocycles. The highest BCUT2D eigenvalue weighted by Gasteiger charge is 1.94. The highest BCUT2D eigenvalue weighted by Crippen LogP contribution is 1.90. The Balaban J connectivity index is 0. The third-order valence-corrected chi connectivity index (χ3v) is 0.977. The van der Waals surface area contributed by atoms with Gasteiger partial charge in [0.15, 0.2) is 6.29 Å². The highest BCUT2D eigenvalue weighted by atomic mass is 16.7. The van der Waals surface area contributed by atoms with Gasteiger partial charge in [-0.1, -0.05) is 0 Å². The summed E-state index contributed by atoms with van der Waals surface area (Å²) in [5.74, 6) is 0. The molecule has 0 radical (unpaired) electrons. The molecule has 0 aliphatic heterocycles. The van der Waals surface area contributed by atoms with Gasteiger partial charge < -0.3 is 14.3 Å². The largest absolute Gasteiger partial charge is 0.353 e. The second kappa shape index (κ2) is 13.7. The minimum absolute atomic E-state index is 0.0139. The number of hydrogen-bond donors (Lipinski definition) is 0. The summed E-state index contributed by atoms with van der Waals surface area (Å²) >= 11 is 0. The Morgan fingerprint density at radius 3 is 2.00 bits per heavy atom. The normalized spacial score (nSPS) is 8.54. The van der Waals surface area contributed by atoms with E-state index < -0.39 is 0 Å². The van der Waals surface area contributed by atoms with E-state index >= 15 is 0 Å². The molecule has 0 aliphatic rings. The summed E-state index contributed by atoms with van der Waals surface area (Å²) in [5, 5.41) is 7.58. The number of aldehydes is 1. The van der Waals surface area contributed by atoms with Crippen LogP contribution in [0.1, 0.15) is 27.2 Å². The fourth-order valence-electron chi connectivity index (χ4n) is 0.555. The molecule has 0 atom stereocenters. The molecule has 4 heteroatoms. The van der Waals surface area contributed by atoms with E-state index in [2.05, 4.69) is 0 Å². The molecule has 0 spiro atoms. The molecule has 0 unspecified atom stereocenters. The molecule has 0 aromatic carbocycles. The first-order valence-electron chi connectivity index (χ1n) is 4.26. The predicted molar refractivity (Wildman–Crippen MR) is 49.0 cm³/mol. The Morgan fingerprint density at radius 2 is 1.85 bits per heavy atom. The SMILES string of the molecule is CCOC(C)OCC.N#CCC=O. The lowest BCUT2D eigenvalue weighted by atomic mass is 10.5. The lowest BCUT2D eigenvalue weighted by molar-refractivity contribution is -0.123. The van der Waals surface area contributed by atoms with E-state index in [1.807, 2.05) is 20.8 Å². The van der Waals surface area contributed by atoms with E-state index in [1.165, 1.54) is 0 Å². The number of carbonyl (C=O) groups is 1. The van der Waals surface area contributed by atoms with E-state index in [9.17, 15) is 4.79 Å². The molecule has 76 valence electrons. The van der Waals surface area contributed by atoms with Crippen LogP contribution in [0.2, 0.25) is 0 Å². The molecule has 0 fully saturated rings. The van der Waals surface area contributed by atoms with Crippen LogP contribution in [0.15, 0.2) is 0 Å². The first-order chi connectivity index (χ1) is 6.22. The van der Waals surface area contributed by atoms with Crippen LogP contribution >= 0.6 is 0 Å². The van der Waals surface area contributed by atoms with Gasteiger partial charge in [-0.3, -0.25) is 0 Å². The van der Waals surface area contributed by atoms with E-state index in [4.69, 9.17) is 14.7 Å². The van der Waals surface area contributed by atoms with Crippen molar-refractivity contribution < 1.29 is 14.3 Å². The van der Waals surface area contributed by atoms with Gasteiger partial charge in [0.05, 0.1) is 12.5 Å². The van der Waals surface area contributed by atoms with Crippen molar-refractivity contribution in [1.29, 1.82) is 5.26 Å². The van der Waals surface area contributed by atoms with Crippen LogP contribution in [0.4, 0.5) is 0 Å². The maximum Gasteiger partial charge on any atom is 0.154 e. The van der Waals surface area contributed by atoms with Crippen LogP contribution in [0, 0.1) is 11.3 Å². The molecule has 0 aromatic heterocycles. The van der Waals surface area contributed by atoms with Crippen molar-refractivity contribution in [2.75, 3.05) is 13.2 Å². The summed E-state index contributed by atoms with van der Waals surface area (Å²) < 4.78 is 10.1. The molecular formula is C9H17NO3. The lowest BCUT2D eigenvalue weighted by Crippen LogP contribution is -2.11. The fourth-order valence-corrected chi connectivity index (χ4v) is 0.555. The summed E-state index contributed by atoms with van der Waals surface area (Å²) in [6, 6.07) is 1.65. The zero-order chi connectivity index (χ0) is 10.5. The van der Waals surface area contributed by atoms with Gasteiger partial charge in [0, 0.05) is 13.2 Å². The van der Waals surface area contributed by atoms with Crippen LogP contribution < -0.4 is 0 Å². The quantitative estimate of drug-likeness (QED) is 0.483. The number of carbonyl (C=O) groups excluding carboxylic acids is 1. The second-order valence-corrected chi connectivity index (χ2v) is 2.01. The first-order valence-corrected chi connectivity index (χ1v) is 4.26. The summed E-state index contributed by atoms with van der Waals surface area (Å²) in [6.45, 7) is 7.25. The molecule has 0 amide bonds. The molecule has 0 aromatic rings. The maximum absolute atomic E-state index is 9.18. The highest BCUT2D eigenvalue weighted by molar-refractivity contribution is 5.52. The second-order valence-electron chi connectivity index (χ2n) is 2.01. The smallest absolute Gasteiger partial charge is 0.154 e. The number of hydrogen-bond acceptors (Lipinski definition) is 4. The van der Waals surface area contributed by atoms with Gasteiger partial charge in [-0.25, -0.2) is 0 Å². The predicted octanol–water partition coefficient (Wildman–Crippen LogP) is 1.50. The molecule has 13 heavy (non-hydrogen) atoms. The zero-order valence-corrected chi connectivity index (χ0v) is 8.45. The van der Waals surface area contributed by atoms with E-state index in [0.29, 0.717) is 6.29 Å². The fraction of sp³-hybridized carbons (Fsp3) is 0.778. The van der Waals surface area contributed by atoms with Crippen LogP contribution in [-0.4, -0.2) is 25.8 Å². The van der Waals surface area contributed by atoms with Crippen molar-refractivity contribution in [2.24, 2.45) is 0 Å². The van der Waals surface area contributed by atoms with Gasteiger partial charge in [-0.15, -0.1) is 0 Å². The summed E-state index contributed by atoms with van der Waals surface area (Å²) in [4.78, 5) is 9.18. The van der Waals surface area contributed by atoms with Crippen molar-refractivity contribution in [3.8, 4) is 6.07 Å². The number of ether oxygens (including phenoxy) is 2. The number of rotatable bonds is 5. The Labute approximate surface area is 79.4 Å². The van der Waals surface area contributed by atoms with Crippen LogP contribution in [0.3, 0.4) is 0 Å². The average Bonchev–Trinajstić information content (AvgIpc) is 2.08. The van der Waals surface area contributed by atoms with E-state index in [1.54, 1.807) is 6.07 Å². The summed E-state index contributed by atoms with van der Waals surface area (Å²) in [6.07, 6.45) is 0.546. The van der Waals surface area contributed by atoms with Crippen molar-refractivity contribution in [3.63, 3.8) is 0 Å². The van der Waals surface area contributed by atoms with Crippen LogP contribution in [0.5, 0.6) is 0 Å².